The molecule has 0 spiro atoms. The van der Waals surface area contributed by atoms with E-state index in [1.54, 1.807) is 12.4 Å². The Morgan fingerprint density at radius 2 is 1.84 bits per heavy atom. The molecule has 1 saturated carbocycles. The highest BCUT2D eigenvalue weighted by atomic mass is 16.2. The minimum absolute atomic E-state index is 0.00547. The van der Waals surface area contributed by atoms with Gasteiger partial charge >= 0.3 is 0 Å². The number of aromatic nitrogens is 1. The monoisotopic (exact) mass is 261 g/mol. The Morgan fingerprint density at radius 1 is 1.21 bits per heavy atom. The van der Waals surface area contributed by atoms with Crippen LogP contribution in [0.25, 0.3) is 0 Å². The molecule has 0 radical (unpaired) electrons. The number of rotatable bonds is 6. The van der Waals surface area contributed by atoms with Crippen LogP contribution in [0, 0.1) is 11.8 Å². The molecule has 5 heteroatoms. The largest absolute Gasteiger partial charge is 0.356 e. The molecule has 5 nitrogen and oxygen atoms in total. The van der Waals surface area contributed by atoms with Crippen molar-refractivity contribution >= 4 is 11.8 Å². The number of nitrogens with one attached hydrogen (secondary N) is 2. The van der Waals surface area contributed by atoms with Gasteiger partial charge in [-0.15, -0.1) is 0 Å². The van der Waals surface area contributed by atoms with Crippen molar-refractivity contribution in [2.45, 2.75) is 26.3 Å². The number of carbonyl (C=O) groups is 2. The van der Waals surface area contributed by atoms with E-state index in [4.69, 9.17) is 0 Å². The first-order chi connectivity index (χ1) is 9.22. The van der Waals surface area contributed by atoms with E-state index < -0.39 is 0 Å². The van der Waals surface area contributed by atoms with E-state index in [2.05, 4.69) is 15.6 Å². The summed E-state index contributed by atoms with van der Waals surface area (Å²) in [5.74, 6) is -0.318. The molecule has 0 saturated heterocycles. The van der Waals surface area contributed by atoms with Crippen LogP contribution in [0.3, 0.4) is 0 Å². The van der Waals surface area contributed by atoms with E-state index in [0.29, 0.717) is 19.5 Å². The number of nitrogens with zero attached hydrogens (tertiary/aromatic N) is 1. The third-order valence-corrected chi connectivity index (χ3v) is 3.23. The van der Waals surface area contributed by atoms with E-state index in [0.717, 1.165) is 12.0 Å². The highest BCUT2D eigenvalue weighted by Gasteiger charge is 2.47. The van der Waals surface area contributed by atoms with Crippen molar-refractivity contribution in [2.75, 3.05) is 6.54 Å². The minimum atomic E-state index is -0.154. The summed E-state index contributed by atoms with van der Waals surface area (Å²) in [6.45, 7) is 3.17. The van der Waals surface area contributed by atoms with Gasteiger partial charge in [0.1, 0.15) is 0 Å². The molecule has 102 valence electrons. The van der Waals surface area contributed by atoms with Crippen LogP contribution in [0.15, 0.2) is 24.5 Å². The summed E-state index contributed by atoms with van der Waals surface area (Å²) in [5.41, 5.74) is 1.01. The van der Waals surface area contributed by atoms with E-state index in [1.807, 2.05) is 19.1 Å². The Bertz CT molecular complexity index is 447. The molecule has 2 atom stereocenters. The van der Waals surface area contributed by atoms with Crippen molar-refractivity contribution < 1.29 is 9.59 Å². The van der Waals surface area contributed by atoms with Gasteiger partial charge in [-0.3, -0.25) is 14.6 Å². The van der Waals surface area contributed by atoms with E-state index in [1.165, 1.54) is 0 Å². The Balaban J connectivity index is 1.72. The van der Waals surface area contributed by atoms with E-state index in [-0.39, 0.29) is 23.7 Å². The van der Waals surface area contributed by atoms with E-state index >= 15 is 0 Å². The summed E-state index contributed by atoms with van der Waals surface area (Å²) in [6, 6.07) is 3.72. The molecule has 0 aromatic carbocycles. The molecule has 1 aromatic heterocycles. The molecule has 0 aliphatic heterocycles. The molecular weight excluding hydrogens is 242 g/mol. The lowest BCUT2D eigenvalue weighted by Crippen LogP contribution is -2.30. The molecule has 2 amide bonds. The first-order valence-corrected chi connectivity index (χ1v) is 6.66. The van der Waals surface area contributed by atoms with E-state index in [9.17, 15) is 9.59 Å². The van der Waals surface area contributed by atoms with Crippen LogP contribution in [0.1, 0.15) is 25.3 Å². The number of pyridine rings is 1. The predicted molar refractivity (Wildman–Crippen MR) is 71.0 cm³/mol. The second-order valence-corrected chi connectivity index (χ2v) is 4.81. The molecule has 1 aliphatic rings. The van der Waals surface area contributed by atoms with Crippen LogP contribution in [0.2, 0.25) is 0 Å². The van der Waals surface area contributed by atoms with Gasteiger partial charge in [0, 0.05) is 25.5 Å². The van der Waals surface area contributed by atoms with Gasteiger partial charge in [-0.1, -0.05) is 6.92 Å². The van der Waals surface area contributed by atoms with Gasteiger partial charge in [0.05, 0.1) is 11.8 Å². The highest BCUT2D eigenvalue weighted by molar-refractivity contribution is 5.92. The smallest absolute Gasteiger partial charge is 0.224 e. The molecule has 2 rings (SSSR count). The molecule has 2 N–H and O–H groups in total. The van der Waals surface area contributed by atoms with Crippen LogP contribution in [0.4, 0.5) is 0 Å². The van der Waals surface area contributed by atoms with Crippen LogP contribution in [0.5, 0.6) is 0 Å². The fourth-order valence-corrected chi connectivity index (χ4v) is 1.97. The van der Waals surface area contributed by atoms with Gasteiger partial charge in [0.25, 0.3) is 0 Å². The summed E-state index contributed by atoms with van der Waals surface area (Å²) in [7, 11) is 0. The second kappa shape index (κ2) is 6.31. The average Bonchev–Trinajstić information content (AvgIpc) is 3.24. The average molecular weight is 261 g/mol. The van der Waals surface area contributed by atoms with Crippen molar-refractivity contribution in [1.82, 2.24) is 15.6 Å². The predicted octanol–water partition coefficient (Wildman–Crippen LogP) is 0.860. The first-order valence-electron chi connectivity index (χ1n) is 6.66. The minimum Gasteiger partial charge on any atom is -0.356 e. The van der Waals surface area contributed by atoms with Crippen molar-refractivity contribution in [3.05, 3.63) is 30.1 Å². The van der Waals surface area contributed by atoms with Gasteiger partial charge in [-0.25, -0.2) is 0 Å². The van der Waals surface area contributed by atoms with Gasteiger partial charge in [-0.2, -0.15) is 0 Å². The number of amides is 2. The molecule has 19 heavy (non-hydrogen) atoms. The van der Waals surface area contributed by atoms with Crippen LogP contribution >= 0.6 is 0 Å². The zero-order valence-corrected chi connectivity index (χ0v) is 11.1. The quantitative estimate of drug-likeness (QED) is 0.798. The Labute approximate surface area is 112 Å². The lowest BCUT2D eigenvalue weighted by Gasteiger charge is -2.05. The molecule has 2 unspecified atom stereocenters. The Hall–Kier alpha value is -1.91. The molecule has 1 aromatic rings. The maximum atomic E-state index is 11.9. The van der Waals surface area contributed by atoms with Crippen molar-refractivity contribution in [3.8, 4) is 0 Å². The van der Waals surface area contributed by atoms with Crippen molar-refractivity contribution in [2.24, 2.45) is 11.8 Å². The zero-order valence-electron chi connectivity index (χ0n) is 11.1. The SMILES string of the molecule is CCCNC(=O)C1CC1C(=O)NCc1ccncc1. The number of hydrogen-bond acceptors (Lipinski definition) is 3. The second-order valence-electron chi connectivity index (χ2n) is 4.81. The maximum absolute atomic E-state index is 11.9. The maximum Gasteiger partial charge on any atom is 0.224 e. The fraction of sp³-hybridized carbons (Fsp3) is 0.500. The first kappa shape index (κ1) is 13.5. The Morgan fingerprint density at radius 3 is 2.47 bits per heavy atom. The van der Waals surface area contributed by atoms with Gasteiger partial charge in [-0.05, 0) is 30.5 Å². The highest BCUT2D eigenvalue weighted by Crippen LogP contribution is 2.38. The number of carbonyl (C=O) groups excluding carboxylic acids is 2. The molecule has 1 fully saturated rings. The van der Waals surface area contributed by atoms with Gasteiger partial charge in [0.15, 0.2) is 0 Å². The molecule has 1 heterocycles. The zero-order chi connectivity index (χ0) is 13.7. The third kappa shape index (κ3) is 3.77. The van der Waals surface area contributed by atoms with Crippen LogP contribution in [-0.4, -0.2) is 23.3 Å². The fourth-order valence-electron chi connectivity index (χ4n) is 1.97. The summed E-state index contributed by atoms with van der Waals surface area (Å²) < 4.78 is 0. The lowest BCUT2D eigenvalue weighted by molar-refractivity contribution is -0.127. The Kier molecular flexibility index (Phi) is 4.49. The van der Waals surface area contributed by atoms with Crippen LogP contribution in [-0.2, 0) is 16.1 Å². The molecular formula is C14H19N3O2. The molecule has 0 bridgehead atoms. The number of hydrogen-bond donors (Lipinski definition) is 2. The molecule has 1 aliphatic carbocycles. The normalized spacial score (nSPS) is 20.7. The van der Waals surface area contributed by atoms with Crippen molar-refractivity contribution in [3.63, 3.8) is 0 Å². The summed E-state index contributed by atoms with van der Waals surface area (Å²) in [4.78, 5) is 27.4. The third-order valence-electron chi connectivity index (χ3n) is 3.23. The van der Waals surface area contributed by atoms with Gasteiger partial charge < -0.3 is 10.6 Å². The lowest BCUT2D eigenvalue weighted by atomic mass is 10.2. The summed E-state index contributed by atoms with van der Waals surface area (Å²) in [6.07, 6.45) is 4.97. The summed E-state index contributed by atoms with van der Waals surface area (Å²) in [5, 5.41) is 5.68. The van der Waals surface area contributed by atoms with Crippen LogP contribution < -0.4 is 10.6 Å². The summed E-state index contributed by atoms with van der Waals surface area (Å²) >= 11 is 0. The topological polar surface area (TPSA) is 71.1 Å². The van der Waals surface area contributed by atoms with Crippen molar-refractivity contribution in [1.29, 1.82) is 0 Å². The standard InChI is InChI=1S/C14H19N3O2/c1-2-5-16-13(18)11-8-12(11)14(19)17-9-10-3-6-15-7-4-10/h3-4,6-7,11-12H,2,5,8-9H2,1H3,(H,16,18)(H,17,19). The van der Waals surface area contributed by atoms with Gasteiger partial charge in [0.2, 0.25) is 11.8 Å².